The standard InChI is InChI=1S/C41H59N7O7.C4H11N/c1-3-4-5-6-7-8-9-18-43-19-16-36(50)45-27-38(52)48(2)39-30-13-14-31(29-11-12-29)32(25-30)33-23-28(10-15-35(33)55-22-17-42)24-34(40(53)44-20-21-49)47-37(51)26-46-41(39)54;1-2-3-4-5/h10,13-15,21,23,25,29,34,39,43H,3-9,11-12,16-20,22,24,26-27,42H2,1-2H3,(H,44,53)(H,45,50)(H,46,54)(H,47,51);2-5H2,1H3. The van der Waals surface area contributed by atoms with Crippen molar-refractivity contribution in [2.75, 3.05) is 59.5 Å². The van der Waals surface area contributed by atoms with Crippen molar-refractivity contribution in [3.63, 3.8) is 0 Å². The third-order valence-electron chi connectivity index (χ3n) is 10.5. The number of nitrogens with one attached hydrogen (secondary N) is 5. The Bertz CT molecular complexity index is 1680. The van der Waals surface area contributed by atoms with Gasteiger partial charge in [-0.15, -0.1) is 0 Å². The van der Waals surface area contributed by atoms with Crippen molar-refractivity contribution >= 4 is 35.8 Å². The van der Waals surface area contributed by atoms with Crippen LogP contribution in [-0.2, 0) is 35.2 Å². The van der Waals surface area contributed by atoms with Crippen molar-refractivity contribution in [3.8, 4) is 16.9 Å². The number of carbonyl (C=O) groups is 6. The molecule has 0 saturated heterocycles. The van der Waals surface area contributed by atoms with Crippen molar-refractivity contribution in [3.05, 3.63) is 53.1 Å². The largest absolute Gasteiger partial charge is 0.492 e. The second kappa shape index (κ2) is 27.8. The SMILES string of the molecule is CCCCCCCCCNCCC(=O)NCC(=O)N(C)C1C(=O)NCC(=O)NC(C(=O)NCC=O)Cc2ccc(OCCN)c(c2)-c2cc1ccc2C1CC1.CCCCN. The highest BCUT2D eigenvalue weighted by Crippen LogP contribution is 2.47. The lowest BCUT2D eigenvalue weighted by atomic mass is 9.89. The zero-order valence-corrected chi connectivity index (χ0v) is 36.1. The summed E-state index contributed by atoms with van der Waals surface area (Å²) in [6.07, 6.45) is 13.7. The summed E-state index contributed by atoms with van der Waals surface area (Å²) in [4.78, 5) is 78.8. The van der Waals surface area contributed by atoms with E-state index in [1.54, 1.807) is 6.07 Å². The molecule has 2 aliphatic rings. The van der Waals surface area contributed by atoms with Crippen LogP contribution in [0.5, 0.6) is 5.75 Å². The Labute approximate surface area is 356 Å². The number of carbonyl (C=O) groups excluding carboxylic acids is 6. The monoisotopic (exact) mass is 835 g/mol. The number of hydrogen-bond donors (Lipinski definition) is 7. The lowest BCUT2D eigenvalue weighted by Gasteiger charge is -2.29. The lowest BCUT2D eigenvalue weighted by molar-refractivity contribution is -0.140. The van der Waals surface area contributed by atoms with Crippen LogP contribution >= 0.6 is 0 Å². The molecular weight excluding hydrogens is 765 g/mol. The molecule has 0 radical (unpaired) electrons. The average molecular weight is 835 g/mol. The summed E-state index contributed by atoms with van der Waals surface area (Å²) in [6, 6.07) is 8.96. The van der Waals surface area contributed by atoms with Gasteiger partial charge < -0.3 is 52.5 Å². The highest BCUT2D eigenvalue weighted by molar-refractivity contribution is 5.94. The minimum absolute atomic E-state index is 0.105. The first-order chi connectivity index (χ1) is 29.1. The Balaban J connectivity index is 0.00000181. The summed E-state index contributed by atoms with van der Waals surface area (Å²) >= 11 is 0. The molecular formula is C45H70N8O7. The van der Waals surface area contributed by atoms with E-state index in [-0.39, 0.29) is 45.0 Å². The van der Waals surface area contributed by atoms with Crippen LogP contribution in [0.15, 0.2) is 36.4 Å². The van der Waals surface area contributed by atoms with Gasteiger partial charge in [0.25, 0.3) is 0 Å². The fourth-order valence-electron chi connectivity index (χ4n) is 6.98. The number of nitrogens with zero attached hydrogens (tertiary/aromatic N) is 1. The fourth-order valence-corrected chi connectivity index (χ4v) is 6.98. The van der Waals surface area contributed by atoms with Gasteiger partial charge in [0.15, 0.2) is 0 Å². The minimum Gasteiger partial charge on any atom is -0.492 e. The highest BCUT2D eigenvalue weighted by atomic mass is 16.5. The molecule has 2 aromatic rings. The van der Waals surface area contributed by atoms with E-state index in [0.29, 0.717) is 35.6 Å². The second-order valence-electron chi connectivity index (χ2n) is 15.5. The van der Waals surface area contributed by atoms with E-state index in [2.05, 4.69) is 40.4 Å². The van der Waals surface area contributed by atoms with Crippen molar-refractivity contribution in [1.29, 1.82) is 0 Å². The quantitative estimate of drug-likeness (QED) is 0.0640. The zero-order valence-electron chi connectivity index (χ0n) is 36.1. The first-order valence-electron chi connectivity index (χ1n) is 21.9. The summed E-state index contributed by atoms with van der Waals surface area (Å²) in [5.74, 6) is -1.75. The lowest BCUT2D eigenvalue weighted by Crippen LogP contribution is -2.52. The molecule has 0 aromatic heterocycles. The Hall–Kier alpha value is -4.86. The van der Waals surface area contributed by atoms with Crippen LogP contribution in [0.4, 0.5) is 0 Å². The van der Waals surface area contributed by atoms with Crippen LogP contribution in [-0.4, -0.2) is 106 Å². The number of hydrogen-bond acceptors (Lipinski definition) is 10. The van der Waals surface area contributed by atoms with Gasteiger partial charge in [0.2, 0.25) is 29.5 Å². The smallest absolute Gasteiger partial charge is 0.247 e. The number of unbranched alkanes of at least 4 members (excludes halogenated alkanes) is 7. The normalized spacial score (nSPS) is 16.2. The average Bonchev–Trinajstić information content (AvgIpc) is 4.10. The van der Waals surface area contributed by atoms with E-state index in [4.69, 9.17) is 16.2 Å². The van der Waals surface area contributed by atoms with Gasteiger partial charge in [-0.3, -0.25) is 24.0 Å². The maximum Gasteiger partial charge on any atom is 0.247 e. The van der Waals surface area contributed by atoms with Gasteiger partial charge in [0.05, 0.1) is 19.6 Å². The van der Waals surface area contributed by atoms with E-state index in [1.807, 2.05) is 30.3 Å². The van der Waals surface area contributed by atoms with Crippen molar-refractivity contribution in [2.24, 2.45) is 11.5 Å². The number of rotatable bonds is 23. The van der Waals surface area contributed by atoms with E-state index in [9.17, 15) is 28.8 Å². The third kappa shape index (κ3) is 17.0. The molecule has 5 amide bonds. The van der Waals surface area contributed by atoms with Crippen molar-refractivity contribution < 1.29 is 33.5 Å². The Morgan fingerprint density at radius 2 is 1.62 bits per heavy atom. The molecule has 1 aliphatic heterocycles. The molecule has 1 heterocycles. The van der Waals surface area contributed by atoms with E-state index in [1.165, 1.54) is 56.9 Å². The molecule has 1 saturated carbocycles. The second-order valence-corrected chi connectivity index (χ2v) is 15.5. The molecule has 60 heavy (non-hydrogen) atoms. The van der Waals surface area contributed by atoms with Crippen molar-refractivity contribution in [2.45, 2.75) is 115 Å². The first-order valence-corrected chi connectivity index (χ1v) is 21.9. The number of amides is 5. The maximum atomic E-state index is 14.0. The summed E-state index contributed by atoms with van der Waals surface area (Å²) in [7, 11) is 1.49. The third-order valence-corrected chi connectivity index (χ3v) is 10.5. The highest BCUT2D eigenvalue weighted by Gasteiger charge is 2.33. The number of aldehydes is 1. The molecule has 15 nitrogen and oxygen atoms in total. The van der Waals surface area contributed by atoms with Gasteiger partial charge in [0.1, 0.15) is 30.7 Å². The van der Waals surface area contributed by atoms with E-state index >= 15 is 0 Å². The van der Waals surface area contributed by atoms with Crippen molar-refractivity contribution in [1.82, 2.24) is 31.5 Å². The van der Waals surface area contributed by atoms with Gasteiger partial charge >= 0.3 is 0 Å². The summed E-state index contributed by atoms with van der Waals surface area (Å²) in [5.41, 5.74) is 14.7. The van der Waals surface area contributed by atoms with Gasteiger partial charge in [-0.1, -0.05) is 77.0 Å². The van der Waals surface area contributed by atoms with Crippen LogP contribution in [0, 0.1) is 0 Å². The number of fused-ring (bicyclic) bond motifs is 5. The van der Waals surface area contributed by atoms with Crippen LogP contribution < -0.4 is 42.8 Å². The van der Waals surface area contributed by atoms with Crippen LogP contribution in [0.25, 0.3) is 11.1 Å². The molecule has 1 aliphatic carbocycles. The molecule has 332 valence electrons. The Kier molecular flexibility index (Phi) is 22.9. The van der Waals surface area contributed by atoms with Crippen LogP contribution in [0.3, 0.4) is 0 Å². The van der Waals surface area contributed by atoms with Crippen LogP contribution in [0.2, 0.25) is 0 Å². The zero-order chi connectivity index (χ0) is 43.7. The Morgan fingerprint density at radius 1 is 0.883 bits per heavy atom. The molecule has 1 fully saturated rings. The van der Waals surface area contributed by atoms with E-state index in [0.717, 1.165) is 55.5 Å². The van der Waals surface area contributed by atoms with Gasteiger partial charge in [0, 0.05) is 38.5 Å². The number of benzene rings is 2. The summed E-state index contributed by atoms with van der Waals surface area (Å²) in [5, 5.41) is 13.8. The molecule has 4 bridgehead atoms. The maximum absolute atomic E-state index is 14.0. The van der Waals surface area contributed by atoms with Crippen LogP contribution in [0.1, 0.15) is 120 Å². The number of ether oxygens (including phenoxy) is 1. The molecule has 2 aromatic carbocycles. The number of likely N-dealkylation sites (N-methyl/N-ethyl adjacent to an activating group) is 1. The predicted molar refractivity (Wildman–Crippen MR) is 234 cm³/mol. The fraction of sp³-hybridized carbons (Fsp3) is 0.600. The predicted octanol–water partition coefficient (Wildman–Crippen LogP) is 3.13. The number of nitrogens with two attached hydrogens (primary N) is 2. The van der Waals surface area contributed by atoms with Gasteiger partial charge in [-0.25, -0.2) is 0 Å². The molecule has 0 spiro atoms. The molecule has 15 heteroatoms. The molecule has 2 atom stereocenters. The molecule has 4 rings (SSSR count). The topological polar surface area (TPSA) is 227 Å². The minimum atomic E-state index is -1.17. The Morgan fingerprint density at radius 3 is 2.28 bits per heavy atom. The van der Waals surface area contributed by atoms with E-state index < -0.39 is 42.3 Å². The summed E-state index contributed by atoms with van der Waals surface area (Å²) in [6.45, 7) is 6.02. The molecule has 9 N–H and O–H groups in total. The van der Waals surface area contributed by atoms with Gasteiger partial charge in [-0.2, -0.15) is 0 Å². The van der Waals surface area contributed by atoms with Gasteiger partial charge in [-0.05, 0) is 85.1 Å². The molecule has 2 unspecified atom stereocenters. The first kappa shape index (κ1) is 49.5. The summed E-state index contributed by atoms with van der Waals surface area (Å²) < 4.78 is 6.09.